The van der Waals surface area contributed by atoms with E-state index in [-0.39, 0.29) is 40.8 Å². The van der Waals surface area contributed by atoms with E-state index in [0.29, 0.717) is 37.8 Å². The molecule has 1 unspecified atom stereocenters. The van der Waals surface area contributed by atoms with E-state index in [4.69, 9.17) is 24.6 Å². The summed E-state index contributed by atoms with van der Waals surface area (Å²) in [4.78, 5) is 14.6. The largest absolute Gasteiger partial charge is 0.473 e. The summed E-state index contributed by atoms with van der Waals surface area (Å²) in [5, 5.41) is 4.01. The van der Waals surface area contributed by atoms with E-state index in [2.05, 4.69) is 26.0 Å². The number of nitrogens with zero attached hydrogens (tertiary/aromatic N) is 5. The summed E-state index contributed by atoms with van der Waals surface area (Å²) in [6, 6.07) is 4.32. The minimum Gasteiger partial charge on any atom is -0.473 e. The Morgan fingerprint density at radius 3 is 2.63 bits per heavy atom. The average molecular weight is 502 g/mol. The second-order valence-electron chi connectivity index (χ2n) is 8.08. The Labute approximate surface area is 204 Å². The number of benzene rings is 1. The van der Waals surface area contributed by atoms with E-state index in [0.717, 1.165) is 6.07 Å². The summed E-state index contributed by atoms with van der Waals surface area (Å²) in [5.41, 5.74) is 0.169. The molecule has 1 aromatic carbocycles. The SMILES string of the molecule is C#Cc1c(Oc2ccc(OS(C)=O)cc2F)ncnc1OC1CCN(c2nc(C(C)C)no2)CC1. The third-order valence-electron chi connectivity index (χ3n) is 5.18. The van der Waals surface area contributed by atoms with Crippen LogP contribution in [0.2, 0.25) is 0 Å². The van der Waals surface area contributed by atoms with Crippen molar-refractivity contribution in [3.05, 3.63) is 41.7 Å². The Balaban J connectivity index is 1.43. The Kier molecular flexibility index (Phi) is 7.45. The summed E-state index contributed by atoms with van der Waals surface area (Å²) >= 11 is -1.58. The lowest BCUT2D eigenvalue weighted by Crippen LogP contribution is -2.38. The number of hydrogen-bond acceptors (Lipinski definition) is 10. The van der Waals surface area contributed by atoms with E-state index < -0.39 is 16.9 Å². The van der Waals surface area contributed by atoms with Crippen LogP contribution in [0, 0.1) is 18.2 Å². The van der Waals surface area contributed by atoms with Crippen LogP contribution in [-0.2, 0) is 11.1 Å². The Hall–Kier alpha value is -3.72. The monoisotopic (exact) mass is 501 g/mol. The van der Waals surface area contributed by atoms with Crippen LogP contribution >= 0.6 is 0 Å². The molecule has 0 spiro atoms. The zero-order valence-electron chi connectivity index (χ0n) is 19.4. The first-order valence-electron chi connectivity index (χ1n) is 10.9. The lowest BCUT2D eigenvalue weighted by Gasteiger charge is -2.30. The molecule has 2 aromatic heterocycles. The lowest BCUT2D eigenvalue weighted by molar-refractivity contribution is 0.160. The highest BCUT2D eigenvalue weighted by molar-refractivity contribution is 7.79. The maximum absolute atomic E-state index is 14.5. The predicted octanol–water partition coefficient (Wildman–Crippen LogP) is 3.62. The highest BCUT2D eigenvalue weighted by Crippen LogP contribution is 2.32. The second-order valence-corrected chi connectivity index (χ2v) is 9.05. The first kappa shape index (κ1) is 24.4. The van der Waals surface area contributed by atoms with Gasteiger partial charge in [0.1, 0.15) is 23.7 Å². The first-order chi connectivity index (χ1) is 16.8. The van der Waals surface area contributed by atoms with Crippen molar-refractivity contribution in [2.24, 2.45) is 0 Å². The highest BCUT2D eigenvalue weighted by atomic mass is 32.2. The van der Waals surface area contributed by atoms with Gasteiger partial charge in [-0.2, -0.15) is 4.98 Å². The van der Waals surface area contributed by atoms with Crippen LogP contribution in [0.15, 0.2) is 29.0 Å². The Morgan fingerprint density at radius 2 is 2.00 bits per heavy atom. The molecule has 10 nitrogen and oxygen atoms in total. The fraction of sp³-hybridized carbons (Fsp3) is 0.391. The van der Waals surface area contributed by atoms with Crippen LogP contribution in [0.25, 0.3) is 0 Å². The van der Waals surface area contributed by atoms with Crippen molar-refractivity contribution in [1.82, 2.24) is 20.1 Å². The fourth-order valence-corrected chi connectivity index (χ4v) is 3.79. The van der Waals surface area contributed by atoms with Crippen molar-refractivity contribution >= 4 is 17.1 Å². The van der Waals surface area contributed by atoms with Gasteiger partial charge in [0.2, 0.25) is 22.8 Å². The standard InChI is InChI=1S/C23H24FN5O5S/c1-5-17-21(31-15-8-10-29(11-9-15)23-27-20(14(2)3)28-33-23)25-13-26-22(17)32-19-7-6-16(12-18(19)24)34-35(4)30/h1,6-7,12-15H,8-11H2,2-4H3. The third-order valence-corrected chi connectivity index (χ3v) is 5.61. The molecule has 3 heterocycles. The topological polar surface area (TPSA) is 113 Å². The highest BCUT2D eigenvalue weighted by Gasteiger charge is 2.26. The number of anilines is 1. The number of halogens is 1. The van der Waals surface area contributed by atoms with Gasteiger partial charge < -0.3 is 23.1 Å². The molecule has 184 valence electrons. The first-order valence-corrected chi connectivity index (χ1v) is 12.4. The van der Waals surface area contributed by atoms with Gasteiger partial charge in [-0.1, -0.05) is 24.9 Å². The van der Waals surface area contributed by atoms with E-state index >= 15 is 0 Å². The predicted molar refractivity (Wildman–Crippen MR) is 125 cm³/mol. The lowest BCUT2D eigenvalue weighted by atomic mass is 10.1. The van der Waals surface area contributed by atoms with Crippen molar-refractivity contribution in [3.63, 3.8) is 0 Å². The number of rotatable bonds is 8. The molecule has 0 saturated carbocycles. The number of ether oxygens (including phenoxy) is 2. The smallest absolute Gasteiger partial charge is 0.324 e. The zero-order chi connectivity index (χ0) is 24.9. The molecule has 4 rings (SSSR count). The molecule has 0 amide bonds. The maximum Gasteiger partial charge on any atom is 0.324 e. The zero-order valence-corrected chi connectivity index (χ0v) is 20.2. The summed E-state index contributed by atoms with van der Waals surface area (Å²) in [7, 11) is 0. The van der Waals surface area contributed by atoms with Gasteiger partial charge in [-0.05, 0) is 12.1 Å². The van der Waals surface area contributed by atoms with Crippen LogP contribution in [0.4, 0.5) is 10.4 Å². The third kappa shape index (κ3) is 5.86. The summed E-state index contributed by atoms with van der Waals surface area (Å²) < 4.78 is 47.6. The molecule has 0 aliphatic carbocycles. The molecule has 1 saturated heterocycles. The summed E-state index contributed by atoms with van der Waals surface area (Å²) in [5.74, 6) is 2.73. The maximum atomic E-state index is 14.5. The van der Waals surface area contributed by atoms with Gasteiger partial charge >= 0.3 is 6.01 Å². The molecule has 0 N–H and O–H groups in total. The van der Waals surface area contributed by atoms with Gasteiger partial charge in [-0.3, -0.25) is 0 Å². The van der Waals surface area contributed by atoms with Gasteiger partial charge in [0.05, 0.1) is 0 Å². The molecule has 0 radical (unpaired) electrons. The molecule has 1 fully saturated rings. The molecule has 0 bridgehead atoms. The van der Waals surface area contributed by atoms with Crippen molar-refractivity contribution in [1.29, 1.82) is 0 Å². The molecule has 1 aliphatic rings. The van der Waals surface area contributed by atoms with Gasteiger partial charge in [0, 0.05) is 44.2 Å². The van der Waals surface area contributed by atoms with Crippen molar-refractivity contribution < 1.29 is 26.8 Å². The number of piperidine rings is 1. The van der Waals surface area contributed by atoms with Crippen LogP contribution in [0.5, 0.6) is 23.3 Å². The van der Waals surface area contributed by atoms with Crippen LogP contribution in [0.1, 0.15) is 44.0 Å². The summed E-state index contributed by atoms with van der Waals surface area (Å²) in [6.07, 6.45) is 9.45. The van der Waals surface area contributed by atoms with Gasteiger partial charge in [0.25, 0.3) is 0 Å². The molecule has 12 heteroatoms. The number of hydrogen-bond donors (Lipinski definition) is 0. The van der Waals surface area contributed by atoms with E-state index in [1.807, 2.05) is 18.7 Å². The Morgan fingerprint density at radius 1 is 1.26 bits per heavy atom. The Bertz CT molecular complexity index is 1250. The number of aromatic nitrogens is 4. The molecule has 3 aromatic rings. The summed E-state index contributed by atoms with van der Waals surface area (Å²) in [6.45, 7) is 5.33. The van der Waals surface area contributed by atoms with E-state index in [9.17, 15) is 8.60 Å². The molecule has 1 atom stereocenters. The number of terminal acetylenes is 1. The van der Waals surface area contributed by atoms with E-state index in [1.54, 1.807) is 0 Å². The quantitative estimate of drug-likeness (QED) is 0.424. The van der Waals surface area contributed by atoms with Gasteiger partial charge in [-0.25, -0.2) is 18.6 Å². The van der Waals surface area contributed by atoms with Crippen molar-refractivity contribution in [2.45, 2.75) is 38.7 Å². The van der Waals surface area contributed by atoms with Crippen LogP contribution < -0.4 is 18.6 Å². The molecule has 1 aliphatic heterocycles. The van der Waals surface area contributed by atoms with Crippen LogP contribution in [0.3, 0.4) is 0 Å². The molecular weight excluding hydrogens is 477 g/mol. The van der Waals surface area contributed by atoms with Crippen LogP contribution in [-0.4, -0.2) is 49.8 Å². The fourth-order valence-electron chi connectivity index (χ4n) is 3.41. The molecular formula is C23H24FN5O5S. The van der Waals surface area contributed by atoms with Crippen molar-refractivity contribution in [3.8, 4) is 35.6 Å². The second kappa shape index (κ2) is 10.7. The molecule has 35 heavy (non-hydrogen) atoms. The average Bonchev–Trinajstić information content (AvgIpc) is 3.32. The van der Waals surface area contributed by atoms with Gasteiger partial charge in [0.15, 0.2) is 17.4 Å². The minimum absolute atomic E-state index is 0.0198. The van der Waals surface area contributed by atoms with E-state index in [1.165, 1.54) is 24.7 Å². The van der Waals surface area contributed by atoms with Crippen molar-refractivity contribution in [2.75, 3.05) is 24.2 Å². The minimum atomic E-state index is -1.58. The van der Waals surface area contributed by atoms with Gasteiger partial charge in [-0.15, -0.1) is 6.42 Å². The normalized spacial score (nSPS) is 15.0.